The Hall–Kier alpha value is -2.11. The second-order valence-electron chi connectivity index (χ2n) is 20.4. The highest BCUT2D eigenvalue weighted by molar-refractivity contribution is 5.76. The predicted molar refractivity (Wildman–Crippen MR) is 295 cm³/mol. The maximum atomic E-state index is 13.1. The molecule has 7 atom stereocenters. The van der Waals surface area contributed by atoms with Crippen LogP contribution in [0.2, 0.25) is 0 Å². The molecule has 1 rings (SSSR count). The van der Waals surface area contributed by atoms with Gasteiger partial charge < -0.3 is 40.3 Å². The summed E-state index contributed by atoms with van der Waals surface area (Å²) in [6.45, 7) is 3.68. The summed E-state index contributed by atoms with van der Waals surface area (Å²) in [6, 6.07) is -0.813. The molecule has 6 N–H and O–H groups in total. The molecule has 9 heteroatoms. The molecule has 9 nitrogen and oxygen atoms in total. The van der Waals surface area contributed by atoms with Crippen molar-refractivity contribution >= 4 is 5.91 Å². The third kappa shape index (κ3) is 39.4. The fourth-order valence-electron chi connectivity index (χ4n) is 9.21. The van der Waals surface area contributed by atoms with Crippen molar-refractivity contribution < 1.29 is 39.8 Å². The lowest BCUT2D eigenvalue weighted by Gasteiger charge is -2.40. The number of amides is 1. The lowest BCUT2D eigenvalue weighted by atomic mass is 9.99. The summed E-state index contributed by atoms with van der Waals surface area (Å²) in [5.41, 5.74) is 0. The molecule has 0 spiro atoms. The highest BCUT2D eigenvalue weighted by Crippen LogP contribution is 2.23. The summed E-state index contributed by atoms with van der Waals surface area (Å²) in [7, 11) is 0. The van der Waals surface area contributed by atoms with Gasteiger partial charge in [-0.15, -0.1) is 0 Å². The average molecular weight is 987 g/mol. The highest BCUT2D eigenvalue weighted by atomic mass is 16.7. The van der Waals surface area contributed by atoms with E-state index in [2.05, 4.69) is 67.8 Å². The molecule has 1 aliphatic rings. The molecular formula is C61H111NO8. The molecule has 1 amide bonds. The maximum absolute atomic E-state index is 13.1. The van der Waals surface area contributed by atoms with E-state index in [1.807, 2.05) is 6.08 Å². The van der Waals surface area contributed by atoms with Crippen molar-refractivity contribution in [2.24, 2.45) is 0 Å². The first kappa shape index (κ1) is 65.9. The summed E-state index contributed by atoms with van der Waals surface area (Å²) in [4.78, 5) is 13.1. The van der Waals surface area contributed by atoms with Crippen LogP contribution >= 0.6 is 0 Å². The van der Waals surface area contributed by atoms with Crippen LogP contribution in [-0.4, -0.2) is 87.5 Å². The molecule has 0 aromatic carbocycles. The van der Waals surface area contributed by atoms with E-state index in [-0.39, 0.29) is 12.5 Å². The average Bonchev–Trinajstić information content (AvgIpc) is 3.36. The van der Waals surface area contributed by atoms with Crippen molar-refractivity contribution in [1.29, 1.82) is 0 Å². The summed E-state index contributed by atoms with van der Waals surface area (Å²) in [5.74, 6) is -0.185. The van der Waals surface area contributed by atoms with Crippen LogP contribution in [0, 0.1) is 0 Å². The van der Waals surface area contributed by atoms with Crippen LogP contribution in [0.3, 0.4) is 0 Å². The number of aliphatic hydroxyl groups excluding tert-OH is 5. The molecular weight excluding hydrogens is 875 g/mol. The number of allylic oxidation sites excluding steroid dienone is 9. The Morgan fingerprint density at radius 1 is 0.500 bits per heavy atom. The number of rotatable bonds is 50. The normalized spacial score (nSPS) is 19.8. The zero-order chi connectivity index (χ0) is 50.8. The van der Waals surface area contributed by atoms with Crippen molar-refractivity contribution in [2.75, 3.05) is 13.2 Å². The van der Waals surface area contributed by atoms with Gasteiger partial charge in [-0.2, -0.15) is 0 Å². The van der Waals surface area contributed by atoms with E-state index in [9.17, 15) is 30.3 Å². The molecule has 1 aliphatic heterocycles. The first-order valence-electron chi connectivity index (χ1n) is 29.5. The lowest BCUT2D eigenvalue weighted by molar-refractivity contribution is -0.302. The molecule has 0 aromatic heterocycles. The lowest BCUT2D eigenvalue weighted by Crippen LogP contribution is -2.60. The molecule has 1 fully saturated rings. The van der Waals surface area contributed by atoms with Crippen LogP contribution in [0.1, 0.15) is 264 Å². The molecule has 0 saturated carbocycles. The number of nitrogens with one attached hydrogen (secondary N) is 1. The minimum Gasteiger partial charge on any atom is -0.394 e. The second kappa shape index (κ2) is 50.4. The van der Waals surface area contributed by atoms with Gasteiger partial charge in [-0.3, -0.25) is 4.79 Å². The van der Waals surface area contributed by atoms with Gasteiger partial charge in [0, 0.05) is 6.42 Å². The molecule has 7 unspecified atom stereocenters. The summed E-state index contributed by atoms with van der Waals surface area (Å²) < 4.78 is 11.3. The summed E-state index contributed by atoms with van der Waals surface area (Å²) in [6.07, 6.45) is 61.4. The minimum atomic E-state index is -1.57. The van der Waals surface area contributed by atoms with Crippen molar-refractivity contribution in [3.05, 3.63) is 60.8 Å². The van der Waals surface area contributed by atoms with E-state index < -0.39 is 49.5 Å². The number of ether oxygens (including phenoxy) is 2. The Morgan fingerprint density at radius 3 is 1.31 bits per heavy atom. The quantitative estimate of drug-likeness (QED) is 0.0261. The minimum absolute atomic E-state index is 0.185. The topological polar surface area (TPSA) is 149 Å². The van der Waals surface area contributed by atoms with E-state index in [1.54, 1.807) is 6.08 Å². The van der Waals surface area contributed by atoms with Gasteiger partial charge in [-0.05, 0) is 57.8 Å². The molecule has 0 aliphatic carbocycles. The van der Waals surface area contributed by atoms with E-state index >= 15 is 0 Å². The number of hydrogen-bond donors (Lipinski definition) is 6. The Morgan fingerprint density at radius 2 is 0.886 bits per heavy atom. The van der Waals surface area contributed by atoms with Gasteiger partial charge in [0.15, 0.2) is 6.29 Å². The van der Waals surface area contributed by atoms with E-state index in [0.717, 1.165) is 77.0 Å². The van der Waals surface area contributed by atoms with Crippen LogP contribution in [0.15, 0.2) is 60.8 Å². The molecule has 1 saturated heterocycles. The number of aliphatic hydroxyl groups is 5. The Kier molecular flexibility index (Phi) is 47.5. The maximum Gasteiger partial charge on any atom is 0.220 e. The van der Waals surface area contributed by atoms with Crippen molar-refractivity contribution in [2.45, 2.75) is 307 Å². The molecule has 0 bridgehead atoms. The second-order valence-corrected chi connectivity index (χ2v) is 20.4. The van der Waals surface area contributed by atoms with Gasteiger partial charge in [-0.25, -0.2) is 0 Å². The molecule has 0 radical (unpaired) electrons. The van der Waals surface area contributed by atoms with Crippen LogP contribution < -0.4 is 5.32 Å². The predicted octanol–water partition coefficient (Wildman–Crippen LogP) is 14.7. The van der Waals surface area contributed by atoms with Crippen LogP contribution in [0.25, 0.3) is 0 Å². The summed E-state index contributed by atoms with van der Waals surface area (Å²) in [5, 5.41) is 54.6. The largest absolute Gasteiger partial charge is 0.394 e. The summed E-state index contributed by atoms with van der Waals surface area (Å²) >= 11 is 0. The molecule has 408 valence electrons. The van der Waals surface area contributed by atoms with E-state index in [4.69, 9.17) is 9.47 Å². The van der Waals surface area contributed by atoms with Gasteiger partial charge in [0.2, 0.25) is 5.91 Å². The van der Waals surface area contributed by atoms with Gasteiger partial charge in [0.05, 0.1) is 25.4 Å². The van der Waals surface area contributed by atoms with Crippen molar-refractivity contribution in [3.63, 3.8) is 0 Å². The third-order valence-electron chi connectivity index (χ3n) is 13.8. The first-order valence-corrected chi connectivity index (χ1v) is 29.5. The Labute approximate surface area is 430 Å². The molecule has 1 heterocycles. The van der Waals surface area contributed by atoms with Crippen LogP contribution in [0.5, 0.6) is 0 Å². The number of unbranched alkanes of at least 4 members (excludes halogenated alkanes) is 32. The smallest absolute Gasteiger partial charge is 0.220 e. The fraction of sp³-hybridized carbons (Fsp3) is 0.820. The number of carbonyl (C=O) groups excluding carboxylic acids is 1. The third-order valence-corrected chi connectivity index (χ3v) is 13.8. The standard InChI is InChI=1S/C61H111NO8/c1-3-5-7-9-11-13-15-17-19-21-23-25-26-27-28-29-31-32-34-36-38-40-42-44-46-48-50-55(64)54(53-69-61-60(68)59(67)58(66)56(52-63)70-61)62-57(65)51-49-47-45-43-41-39-37-35-33-30-24-22-20-18-16-14-12-10-8-6-4-2/h6,8,12,14,18,20,24,30,48,50,54-56,58-61,63-64,66-68H,3-5,7,9-11,13,15-17,19,21-23,25-29,31-47,49,51-53H2,1-2H3,(H,62,65)/b8-6-,14-12-,20-18-,30-24-,50-48+. The van der Waals surface area contributed by atoms with E-state index in [1.165, 1.54) is 167 Å². The fourth-order valence-corrected chi connectivity index (χ4v) is 9.21. The number of carbonyl (C=O) groups is 1. The molecule has 0 aromatic rings. The van der Waals surface area contributed by atoms with Gasteiger partial charge in [-0.1, -0.05) is 261 Å². The van der Waals surface area contributed by atoms with Gasteiger partial charge in [0.1, 0.15) is 24.4 Å². The Balaban J connectivity index is 2.23. The first-order chi connectivity index (χ1) is 34.3. The SMILES string of the molecule is CC/C=C\C/C=C\C/C=C\C/C=C\CCCCCCCCCCC(=O)NC(COC1OC(CO)C(O)C(O)C1O)C(O)/C=C/CCCCCCCCCCCCCCCCCCCCCCCCCC. The van der Waals surface area contributed by atoms with E-state index in [0.29, 0.717) is 6.42 Å². The molecule has 70 heavy (non-hydrogen) atoms. The monoisotopic (exact) mass is 986 g/mol. The Bertz CT molecular complexity index is 1280. The highest BCUT2D eigenvalue weighted by Gasteiger charge is 2.44. The van der Waals surface area contributed by atoms with Crippen LogP contribution in [-0.2, 0) is 14.3 Å². The van der Waals surface area contributed by atoms with Gasteiger partial charge >= 0.3 is 0 Å². The van der Waals surface area contributed by atoms with Gasteiger partial charge in [0.25, 0.3) is 0 Å². The van der Waals surface area contributed by atoms with Crippen molar-refractivity contribution in [3.8, 4) is 0 Å². The number of hydrogen-bond acceptors (Lipinski definition) is 8. The zero-order valence-electron chi connectivity index (χ0n) is 45.3. The van der Waals surface area contributed by atoms with Crippen molar-refractivity contribution in [1.82, 2.24) is 5.32 Å². The van der Waals surface area contributed by atoms with Crippen LogP contribution in [0.4, 0.5) is 0 Å². The zero-order valence-corrected chi connectivity index (χ0v) is 45.3.